The Bertz CT molecular complexity index is 656. The smallest absolute Gasteiger partial charge is 0.0184 e. The monoisotopic (exact) mass is 376 g/mol. The van der Waals surface area contributed by atoms with Crippen molar-refractivity contribution < 1.29 is 0 Å². The van der Waals surface area contributed by atoms with Crippen molar-refractivity contribution in [2.45, 2.75) is 90.9 Å². The van der Waals surface area contributed by atoms with Gasteiger partial charge in [0.2, 0.25) is 0 Å². The van der Waals surface area contributed by atoms with Gasteiger partial charge in [0, 0.05) is 0 Å². The fraction of sp³-hybridized carbons (Fsp3) is 0.571. The van der Waals surface area contributed by atoms with Crippen LogP contribution in [0.5, 0.6) is 0 Å². The van der Waals surface area contributed by atoms with E-state index in [0.717, 1.165) is 11.8 Å². The molecule has 2 aromatic carbocycles. The summed E-state index contributed by atoms with van der Waals surface area (Å²) < 4.78 is 0. The molecular formula is C28H40. The third-order valence-electron chi connectivity index (χ3n) is 6.80. The van der Waals surface area contributed by atoms with Crippen LogP contribution in [0.3, 0.4) is 0 Å². The lowest BCUT2D eigenvalue weighted by atomic mass is 9.78. The predicted molar refractivity (Wildman–Crippen MR) is 124 cm³/mol. The lowest BCUT2D eigenvalue weighted by Gasteiger charge is -2.28. The van der Waals surface area contributed by atoms with Crippen molar-refractivity contribution in [3.8, 4) is 11.1 Å². The van der Waals surface area contributed by atoms with Crippen molar-refractivity contribution in [2.24, 2.45) is 11.8 Å². The third kappa shape index (κ3) is 6.50. The van der Waals surface area contributed by atoms with Crippen LogP contribution in [-0.2, 0) is 12.8 Å². The quantitative estimate of drug-likeness (QED) is 0.364. The maximum Gasteiger partial charge on any atom is -0.0184 e. The van der Waals surface area contributed by atoms with Crippen LogP contribution < -0.4 is 0 Å². The number of hydrogen-bond donors (Lipinski definition) is 0. The van der Waals surface area contributed by atoms with Gasteiger partial charge in [-0.05, 0) is 53.4 Å². The Balaban J connectivity index is 1.42. The first-order chi connectivity index (χ1) is 13.8. The van der Waals surface area contributed by atoms with Gasteiger partial charge in [0.1, 0.15) is 0 Å². The Labute approximate surface area is 173 Å². The molecule has 1 aliphatic carbocycles. The molecule has 1 aliphatic rings. The first kappa shape index (κ1) is 21.2. The van der Waals surface area contributed by atoms with Gasteiger partial charge in [-0.1, -0.05) is 120 Å². The number of rotatable bonds is 10. The summed E-state index contributed by atoms with van der Waals surface area (Å²) in [4.78, 5) is 0. The SMILES string of the molecule is CCCCC[C@H]1CC[C@H](CCc2ccc(-c3ccc(CCC)cc3)cc2)CC1. The van der Waals surface area contributed by atoms with E-state index in [1.807, 2.05) is 0 Å². The van der Waals surface area contributed by atoms with Gasteiger partial charge in [0.25, 0.3) is 0 Å². The van der Waals surface area contributed by atoms with Crippen LogP contribution in [0.15, 0.2) is 48.5 Å². The summed E-state index contributed by atoms with van der Waals surface area (Å²) >= 11 is 0. The summed E-state index contributed by atoms with van der Waals surface area (Å²) in [6, 6.07) is 18.5. The van der Waals surface area contributed by atoms with E-state index in [2.05, 4.69) is 62.4 Å². The highest BCUT2D eigenvalue weighted by Gasteiger charge is 2.20. The van der Waals surface area contributed by atoms with Crippen molar-refractivity contribution in [1.29, 1.82) is 0 Å². The van der Waals surface area contributed by atoms with Crippen molar-refractivity contribution in [3.63, 3.8) is 0 Å². The summed E-state index contributed by atoms with van der Waals surface area (Å²) in [5, 5.41) is 0. The van der Waals surface area contributed by atoms with E-state index in [9.17, 15) is 0 Å². The molecule has 0 nitrogen and oxygen atoms in total. The summed E-state index contributed by atoms with van der Waals surface area (Å²) in [7, 11) is 0. The van der Waals surface area contributed by atoms with E-state index in [4.69, 9.17) is 0 Å². The highest BCUT2D eigenvalue weighted by Crippen LogP contribution is 2.34. The molecule has 152 valence electrons. The molecular weight excluding hydrogens is 336 g/mol. The van der Waals surface area contributed by atoms with Gasteiger partial charge in [-0.2, -0.15) is 0 Å². The van der Waals surface area contributed by atoms with Crippen molar-refractivity contribution >= 4 is 0 Å². The second-order valence-electron chi connectivity index (χ2n) is 9.07. The lowest BCUT2D eigenvalue weighted by Crippen LogP contribution is -2.15. The zero-order valence-corrected chi connectivity index (χ0v) is 18.3. The molecule has 0 unspecified atom stereocenters. The lowest BCUT2D eigenvalue weighted by molar-refractivity contribution is 0.249. The van der Waals surface area contributed by atoms with Gasteiger partial charge in [-0.25, -0.2) is 0 Å². The van der Waals surface area contributed by atoms with Crippen LogP contribution >= 0.6 is 0 Å². The summed E-state index contributed by atoms with van der Waals surface area (Å²) in [5.74, 6) is 2.00. The van der Waals surface area contributed by atoms with Crippen LogP contribution in [-0.4, -0.2) is 0 Å². The Morgan fingerprint density at radius 3 is 1.57 bits per heavy atom. The second kappa shape index (κ2) is 11.4. The fourth-order valence-electron chi connectivity index (χ4n) is 4.88. The normalized spacial score (nSPS) is 19.6. The van der Waals surface area contributed by atoms with Gasteiger partial charge >= 0.3 is 0 Å². The molecule has 3 rings (SSSR count). The molecule has 0 aliphatic heterocycles. The van der Waals surface area contributed by atoms with E-state index < -0.39 is 0 Å². The van der Waals surface area contributed by atoms with Gasteiger partial charge < -0.3 is 0 Å². The zero-order chi connectivity index (χ0) is 19.6. The third-order valence-corrected chi connectivity index (χ3v) is 6.80. The molecule has 0 atom stereocenters. The maximum absolute atomic E-state index is 2.35. The fourth-order valence-corrected chi connectivity index (χ4v) is 4.88. The van der Waals surface area contributed by atoms with Crippen molar-refractivity contribution in [1.82, 2.24) is 0 Å². The molecule has 1 fully saturated rings. The molecule has 1 saturated carbocycles. The van der Waals surface area contributed by atoms with Crippen LogP contribution in [0.1, 0.15) is 89.2 Å². The topological polar surface area (TPSA) is 0 Å². The van der Waals surface area contributed by atoms with Crippen LogP contribution in [0, 0.1) is 11.8 Å². The Kier molecular flexibility index (Phi) is 8.65. The molecule has 0 aromatic heterocycles. The molecule has 0 saturated heterocycles. The highest BCUT2D eigenvalue weighted by atomic mass is 14.3. The minimum Gasteiger partial charge on any atom is -0.0654 e. The standard InChI is InChI=1S/C28H40/c1-3-5-6-8-24-9-11-25(12-10-24)13-14-26-17-21-28(22-18-26)27-19-15-23(7-4-2)16-20-27/h15-22,24-25H,3-14H2,1-2H3/t24-,25-. The Morgan fingerprint density at radius 2 is 1.07 bits per heavy atom. The first-order valence-electron chi connectivity index (χ1n) is 12.0. The summed E-state index contributed by atoms with van der Waals surface area (Å²) in [6.45, 7) is 4.55. The average Bonchev–Trinajstić information content (AvgIpc) is 2.75. The van der Waals surface area contributed by atoms with E-state index in [0.29, 0.717) is 0 Å². The minimum atomic E-state index is 0.966. The van der Waals surface area contributed by atoms with Crippen LogP contribution in [0.2, 0.25) is 0 Å². The number of hydrogen-bond acceptors (Lipinski definition) is 0. The highest BCUT2D eigenvalue weighted by molar-refractivity contribution is 5.63. The number of aryl methyl sites for hydroxylation is 2. The van der Waals surface area contributed by atoms with Crippen molar-refractivity contribution in [2.75, 3.05) is 0 Å². The first-order valence-corrected chi connectivity index (χ1v) is 12.0. The molecule has 0 radical (unpaired) electrons. The van der Waals surface area contributed by atoms with E-state index in [-0.39, 0.29) is 0 Å². The number of benzene rings is 2. The van der Waals surface area contributed by atoms with E-state index in [1.165, 1.54) is 99.3 Å². The molecule has 0 bridgehead atoms. The summed E-state index contributed by atoms with van der Waals surface area (Å²) in [6.07, 6.45) is 16.7. The molecule has 0 spiro atoms. The number of unbranched alkanes of at least 4 members (excludes halogenated alkanes) is 2. The van der Waals surface area contributed by atoms with Gasteiger partial charge in [0.05, 0.1) is 0 Å². The zero-order valence-electron chi connectivity index (χ0n) is 18.3. The Morgan fingerprint density at radius 1 is 0.571 bits per heavy atom. The van der Waals surface area contributed by atoms with Gasteiger partial charge in [-0.15, -0.1) is 0 Å². The maximum atomic E-state index is 2.35. The molecule has 0 amide bonds. The molecule has 0 heterocycles. The minimum absolute atomic E-state index is 0.966. The van der Waals surface area contributed by atoms with Gasteiger partial charge in [-0.3, -0.25) is 0 Å². The second-order valence-corrected chi connectivity index (χ2v) is 9.07. The van der Waals surface area contributed by atoms with Crippen LogP contribution in [0.25, 0.3) is 11.1 Å². The predicted octanol–water partition coefficient (Wildman–Crippen LogP) is 8.63. The van der Waals surface area contributed by atoms with E-state index in [1.54, 1.807) is 0 Å². The molecule has 28 heavy (non-hydrogen) atoms. The van der Waals surface area contributed by atoms with E-state index >= 15 is 0 Å². The Hall–Kier alpha value is -1.56. The molecule has 0 heteroatoms. The van der Waals surface area contributed by atoms with Crippen molar-refractivity contribution in [3.05, 3.63) is 59.7 Å². The molecule has 0 N–H and O–H groups in total. The summed E-state index contributed by atoms with van der Waals surface area (Å²) in [5.41, 5.74) is 5.64. The average molecular weight is 377 g/mol. The molecule has 2 aromatic rings. The largest absolute Gasteiger partial charge is 0.0654 e. The van der Waals surface area contributed by atoms with Crippen LogP contribution in [0.4, 0.5) is 0 Å². The van der Waals surface area contributed by atoms with Gasteiger partial charge in [0.15, 0.2) is 0 Å².